The second-order valence-electron chi connectivity index (χ2n) is 5.54. The molecular formula is C13H21N3O2. The van der Waals surface area contributed by atoms with Crippen LogP contribution in [0.1, 0.15) is 26.2 Å². The Hall–Kier alpha value is -1.12. The van der Waals surface area contributed by atoms with Gasteiger partial charge >= 0.3 is 0 Å². The van der Waals surface area contributed by atoms with Gasteiger partial charge in [-0.25, -0.2) is 0 Å². The van der Waals surface area contributed by atoms with Crippen LogP contribution in [0, 0.1) is 17.2 Å². The highest BCUT2D eigenvalue weighted by Gasteiger charge is 2.39. The number of nitrogens with zero attached hydrogens (tertiary/aromatic N) is 2. The second kappa shape index (κ2) is 5.25. The van der Waals surface area contributed by atoms with Crippen molar-refractivity contribution in [3.05, 3.63) is 0 Å². The van der Waals surface area contributed by atoms with Gasteiger partial charge in [-0.15, -0.1) is 0 Å². The Morgan fingerprint density at radius 2 is 2.17 bits per heavy atom. The maximum atomic E-state index is 12.2. The van der Waals surface area contributed by atoms with Gasteiger partial charge in [0, 0.05) is 19.7 Å². The van der Waals surface area contributed by atoms with E-state index in [2.05, 4.69) is 16.3 Å². The summed E-state index contributed by atoms with van der Waals surface area (Å²) in [6.45, 7) is 4.34. The Labute approximate surface area is 108 Å². The van der Waals surface area contributed by atoms with Crippen molar-refractivity contribution in [2.45, 2.75) is 37.8 Å². The molecule has 2 fully saturated rings. The molecule has 18 heavy (non-hydrogen) atoms. The maximum Gasteiger partial charge on any atom is 0.250 e. The second-order valence-corrected chi connectivity index (χ2v) is 5.54. The molecule has 0 aromatic carbocycles. The Balaban J connectivity index is 1.98. The summed E-state index contributed by atoms with van der Waals surface area (Å²) >= 11 is 0. The summed E-state index contributed by atoms with van der Waals surface area (Å²) in [5, 5.41) is 12.3. The topological polar surface area (TPSA) is 65.4 Å². The molecule has 2 aliphatic heterocycles. The lowest BCUT2D eigenvalue weighted by molar-refractivity contribution is -0.133. The van der Waals surface area contributed by atoms with Crippen LogP contribution in [0.3, 0.4) is 0 Å². The summed E-state index contributed by atoms with van der Waals surface area (Å²) in [6.07, 6.45) is 1.91. The molecule has 0 saturated carbocycles. The quantitative estimate of drug-likeness (QED) is 0.777. The third-order valence-corrected chi connectivity index (χ3v) is 4.06. The molecule has 1 amide bonds. The van der Waals surface area contributed by atoms with Crippen LogP contribution in [0.25, 0.3) is 0 Å². The molecule has 1 N–H and O–H groups in total. The van der Waals surface area contributed by atoms with Crippen LogP contribution in [0.2, 0.25) is 0 Å². The van der Waals surface area contributed by atoms with Crippen molar-refractivity contribution >= 4 is 5.91 Å². The summed E-state index contributed by atoms with van der Waals surface area (Å²) in [6, 6.07) is 2.29. The summed E-state index contributed by atoms with van der Waals surface area (Å²) in [4.78, 5) is 14.3. The fraction of sp³-hybridized carbons (Fsp3) is 0.846. The first-order valence-electron chi connectivity index (χ1n) is 6.60. The van der Waals surface area contributed by atoms with E-state index in [1.165, 1.54) is 0 Å². The fourth-order valence-corrected chi connectivity index (χ4v) is 2.60. The van der Waals surface area contributed by atoms with Crippen LogP contribution >= 0.6 is 0 Å². The van der Waals surface area contributed by atoms with Gasteiger partial charge in [0.05, 0.1) is 6.07 Å². The van der Waals surface area contributed by atoms with Crippen molar-refractivity contribution in [1.29, 1.82) is 5.26 Å². The van der Waals surface area contributed by atoms with Crippen molar-refractivity contribution in [3.63, 3.8) is 0 Å². The highest BCUT2D eigenvalue weighted by molar-refractivity contribution is 5.82. The first-order chi connectivity index (χ1) is 8.56. The van der Waals surface area contributed by atoms with E-state index < -0.39 is 5.54 Å². The Morgan fingerprint density at radius 3 is 2.67 bits per heavy atom. The number of hydrogen-bond donors (Lipinski definition) is 1. The molecule has 0 aromatic rings. The molecule has 0 aliphatic carbocycles. The predicted molar refractivity (Wildman–Crippen MR) is 66.7 cm³/mol. The van der Waals surface area contributed by atoms with Gasteiger partial charge in [0.15, 0.2) is 0 Å². The number of nitriles is 1. The number of carbonyl (C=O) groups is 1. The first kappa shape index (κ1) is 13.3. The summed E-state index contributed by atoms with van der Waals surface area (Å²) in [7, 11) is 2.03. The van der Waals surface area contributed by atoms with Gasteiger partial charge in [-0.05, 0) is 32.2 Å². The van der Waals surface area contributed by atoms with E-state index in [0.717, 1.165) is 19.5 Å². The van der Waals surface area contributed by atoms with Gasteiger partial charge in [0.25, 0.3) is 5.91 Å². The molecule has 2 saturated heterocycles. The molecular weight excluding hydrogens is 230 g/mol. The number of nitrogens with one attached hydrogen (secondary N) is 1. The lowest BCUT2D eigenvalue weighted by atomic mass is 9.88. The summed E-state index contributed by atoms with van der Waals surface area (Å²) < 4.78 is 5.45. The van der Waals surface area contributed by atoms with Crippen LogP contribution in [0.5, 0.6) is 0 Å². The molecule has 2 heterocycles. The average molecular weight is 251 g/mol. The molecule has 2 rings (SSSR count). The van der Waals surface area contributed by atoms with E-state index in [-0.39, 0.29) is 17.9 Å². The zero-order valence-electron chi connectivity index (χ0n) is 11.1. The van der Waals surface area contributed by atoms with E-state index in [1.807, 2.05) is 14.0 Å². The van der Waals surface area contributed by atoms with Gasteiger partial charge in [0.1, 0.15) is 11.6 Å². The molecule has 100 valence electrons. The standard InChI is InChI=1S/C13H21N3O2/c1-10-3-8-18-11(10)12(17)15-13(9-14)4-6-16(2)7-5-13/h10-11H,3-8H2,1-2H3,(H,15,17). The predicted octanol–water partition coefficient (Wildman–Crippen LogP) is 0.516. The zero-order chi connectivity index (χ0) is 13.2. The maximum absolute atomic E-state index is 12.2. The largest absolute Gasteiger partial charge is 0.368 e. The van der Waals surface area contributed by atoms with Gasteiger partial charge < -0.3 is 15.0 Å². The fourth-order valence-electron chi connectivity index (χ4n) is 2.60. The van der Waals surface area contributed by atoms with E-state index in [9.17, 15) is 10.1 Å². The molecule has 2 unspecified atom stereocenters. The monoisotopic (exact) mass is 251 g/mol. The Bertz CT molecular complexity index is 356. The number of rotatable bonds is 2. The van der Waals surface area contributed by atoms with Gasteiger partial charge in [-0.1, -0.05) is 6.92 Å². The van der Waals surface area contributed by atoms with Crippen molar-refractivity contribution in [1.82, 2.24) is 10.2 Å². The van der Waals surface area contributed by atoms with Crippen molar-refractivity contribution in [2.75, 3.05) is 26.7 Å². The summed E-state index contributed by atoms with van der Waals surface area (Å²) in [5.74, 6) is 0.123. The zero-order valence-corrected chi connectivity index (χ0v) is 11.1. The van der Waals surface area contributed by atoms with E-state index in [4.69, 9.17) is 4.74 Å². The minimum atomic E-state index is -0.699. The summed E-state index contributed by atoms with van der Waals surface area (Å²) in [5.41, 5.74) is -0.699. The van der Waals surface area contributed by atoms with E-state index in [1.54, 1.807) is 0 Å². The van der Waals surface area contributed by atoms with Gasteiger partial charge in [-0.2, -0.15) is 5.26 Å². The van der Waals surface area contributed by atoms with Crippen molar-refractivity contribution in [3.8, 4) is 6.07 Å². The number of amides is 1. The van der Waals surface area contributed by atoms with Crippen LogP contribution < -0.4 is 5.32 Å². The third kappa shape index (κ3) is 2.65. The number of likely N-dealkylation sites (tertiary alicyclic amines) is 1. The van der Waals surface area contributed by atoms with Crippen LogP contribution in [0.4, 0.5) is 0 Å². The molecule has 2 aliphatic rings. The normalized spacial score (nSPS) is 31.8. The van der Waals surface area contributed by atoms with Gasteiger partial charge in [0.2, 0.25) is 0 Å². The number of carbonyl (C=O) groups excluding carboxylic acids is 1. The minimum Gasteiger partial charge on any atom is -0.368 e. The van der Waals surface area contributed by atoms with E-state index >= 15 is 0 Å². The molecule has 0 bridgehead atoms. The highest BCUT2D eigenvalue weighted by atomic mass is 16.5. The molecule has 0 spiro atoms. The molecule has 5 nitrogen and oxygen atoms in total. The molecule has 2 atom stereocenters. The minimum absolute atomic E-state index is 0.119. The Morgan fingerprint density at radius 1 is 1.50 bits per heavy atom. The molecule has 0 radical (unpaired) electrons. The lowest BCUT2D eigenvalue weighted by Crippen LogP contribution is -2.56. The highest BCUT2D eigenvalue weighted by Crippen LogP contribution is 2.24. The number of ether oxygens (including phenoxy) is 1. The van der Waals surface area contributed by atoms with Crippen LogP contribution in [0.15, 0.2) is 0 Å². The van der Waals surface area contributed by atoms with Crippen molar-refractivity contribution < 1.29 is 9.53 Å². The Kier molecular flexibility index (Phi) is 3.88. The van der Waals surface area contributed by atoms with Crippen LogP contribution in [-0.2, 0) is 9.53 Å². The number of piperidine rings is 1. The molecule has 0 aromatic heterocycles. The third-order valence-electron chi connectivity index (χ3n) is 4.06. The van der Waals surface area contributed by atoms with Crippen LogP contribution in [-0.4, -0.2) is 49.2 Å². The molecule has 5 heteroatoms. The smallest absolute Gasteiger partial charge is 0.250 e. The first-order valence-corrected chi connectivity index (χ1v) is 6.60. The SMILES string of the molecule is CC1CCOC1C(=O)NC1(C#N)CCN(C)CC1. The lowest BCUT2D eigenvalue weighted by Gasteiger charge is -2.36. The number of hydrogen-bond acceptors (Lipinski definition) is 4. The average Bonchev–Trinajstić information content (AvgIpc) is 2.79. The van der Waals surface area contributed by atoms with Gasteiger partial charge in [-0.3, -0.25) is 4.79 Å². The van der Waals surface area contributed by atoms with Crippen molar-refractivity contribution in [2.24, 2.45) is 5.92 Å². The van der Waals surface area contributed by atoms with E-state index in [0.29, 0.717) is 19.4 Å².